The lowest BCUT2D eigenvalue weighted by Gasteiger charge is -2.14. The fourth-order valence-electron chi connectivity index (χ4n) is 5.60. The van der Waals surface area contributed by atoms with Crippen LogP contribution in [0.4, 0.5) is 5.69 Å². The first-order valence-electron chi connectivity index (χ1n) is 16.0. The van der Waals surface area contributed by atoms with E-state index in [1.807, 2.05) is 111 Å². The van der Waals surface area contributed by atoms with E-state index in [0.29, 0.717) is 17.2 Å². The minimum absolute atomic E-state index is 0.339. The zero-order valence-electron chi connectivity index (χ0n) is 27.8. The van der Waals surface area contributed by atoms with E-state index < -0.39 is 11.8 Å². The Morgan fingerprint density at radius 2 is 0.959 bits per heavy atom. The summed E-state index contributed by atoms with van der Waals surface area (Å²) in [4.78, 5) is 26.1. The molecule has 6 rings (SSSR count). The number of benzene rings is 6. The van der Waals surface area contributed by atoms with Crippen LogP contribution in [-0.4, -0.2) is 26.2 Å². The molecule has 0 aliphatic rings. The first kappa shape index (κ1) is 32.8. The van der Waals surface area contributed by atoms with Crippen LogP contribution < -0.4 is 24.7 Å². The summed E-state index contributed by atoms with van der Waals surface area (Å²) in [6.45, 7) is 3.66. The number of ether oxygens (including phenoxy) is 4. The third-order valence-corrected chi connectivity index (χ3v) is 8.59. The first-order chi connectivity index (χ1) is 23.7. The van der Waals surface area contributed by atoms with E-state index in [9.17, 15) is 9.59 Å². The lowest BCUT2D eigenvalue weighted by molar-refractivity contribution is -0.136. The quantitative estimate of drug-likeness (QED) is 0.0683. The van der Waals surface area contributed by atoms with E-state index in [2.05, 4.69) is 0 Å². The van der Waals surface area contributed by atoms with Crippen LogP contribution in [0.3, 0.4) is 0 Å². The zero-order valence-corrected chi connectivity index (χ0v) is 27.8. The van der Waals surface area contributed by atoms with Crippen LogP contribution in [-0.2, 0) is 9.59 Å². The number of nitrogen functional groups attached to an aromatic ring is 1. The Balaban J connectivity index is 1.07. The minimum Gasteiger partial charge on any atom is -0.497 e. The van der Waals surface area contributed by atoms with Gasteiger partial charge in [-0.25, -0.2) is 0 Å². The highest BCUT2D eigenvalue weighted by Gasteiger charge is 2.20. The molecule has 0 radical (unpaired) electrons. The molecular weight excluding hydrogens is 614 g/mol. The smallest absolute Gasteiger partial charge is 0.318 e. The number of carbonyl (C=O) groups excluding carboxylic acids is 2. The summed E-state index contributed by atoms with van der Waals surface area (Å²) < 4.78 is 22.1. The average molecular weight is 652 g/mol. The number of hydrogen-bond acceptors (Lipinski definition) is 7. The Bertz CT molecular complexity index is 2190. The third-order valence-electron chi connectivity index (χ3n) is 8.59. The van der Waals surface area contributed by atoms with Crippen molar-refractivity contribution in [2.75, 3.05) is 20.0 Å². The van der Waals surface area contributed by atoms with E-state index in [1.54, 1.807) is 44.6 Å². The van der Waals surface area contributed by atoms with Crippen molar-refractivity contribution in [1.82, 2.24) is 0 Å². The highest BCUT2D eigenvalue weighted by molar-refractivity contribution is 5.88. The standard InChI is InChI=1S/C42H37NO6/c1-26(30-9-11-34-23-38(46-3)17-13-32(34)21-30)41(44)48-37-15-7-28(8-16-37)5-6-29-19-36(43)25-40(20-29)49-42(45)27(2)31-10-12-35-24-39(47-4)18-14-33(35)22-31/h5-27H,43H2,1-4H3/b6-5+. The molecule has 2 unspecified atom stereocenters. The number of methoxy groups -OCH3 is 2. The predicted octanol–water partition coefficient (Wildman–Crippen LogP) is 9.18. The maximum Gasteiger partial charge on any atom is 0.318 e. The van der Waals surface area contributed by atoms with Crippen molar-refractivity contribution in [2.45, 2.75) is 25.7 Å². The molecule has 2 atom stereocenters. The van der Waals surface area contributed by atoms with Crippen molar-refractivity contribution in [1.29, 1.82) is 0 Å². The zero-order chi connectivity index (χ0) is 34.5. The minimum atomic E-state index is -0.486. The number of nitrogens with two attached hydrogens (primary N) is 1. The maximum absolute atomic E-state index is 13.1. The van der Waals surface area contributed by atoms with Crippen molar-refractivity contribution in [3.63, 3.8) is 0 Å². The SMILES string of the molecule is COc1ccc2cc(C(C)C(=O)Oc3ccc(/C=C/c4cc(N)cc(OC(=O)C(C)c5ccc6cc(OC)ccc6c5)c4)cc3)ccc2c1. The molecule has 0 amide bonds. The van der Waals surface area contributed by atoms with Crippen LogP contribution in [0.1, 0.15) is 47.9 Å². The van der Waals surface area contributed by atoms with Gasteiger partial charge in [0.05, 0.1) is 26.1 Å². The van der Waals surface area contributed by atoms with Gasteiger partial charge < -0.3 is 24.7 Å². The van der Waals surface area contributed by atoms with E-state index in [-0.39, 0.29) is 11.9 Å². The van der Waals surface area contributed by atoms with Crippen molar-refractivity contribution in [3.8, 4) is 23.0 Å². The lowest BCUT2D eigenvalue weighted by atomic mass is 9.98. The largest absolute Gasteiger partial charge is 0.497 e. The molecule has 6 aromatic carbocycles. The van der Waals surface area contributed by atoms with Gasteiger partial charge in [0.15, 0.2) is 0 Å². The van der Waals surface area contributed by atoms with Gasteiger partial charge in [0.2, 0.25) is 0 Å². The van der Waals surface area contributed by atoms with Crippen LogP contribution in [0, 0.1) is 0 Å². The molecule has 0 spiro atoms. The van der Waals surface area contributed by atoms with Crippen molar-refractivity contribution >= 4 is 51.3 Å². The second-order valence-electron chi connectivity index (χ2n) is 12.0. The highest BCUT2D eigenvalue weighted by atomic mass is 16.5. The van der Waals surface area contributed by atoms with E-state index in [1.165, 1.54) is 0 Å². The molecule has 6 aromatic rings. The Morgan fingerprint density at radius 1 is 0.510 bits per heavy atom. The number of hydrogen-bond donors (Lipinski definition) is 1. The van der Waals surface area contributed by atoms with E-state index in [0.717, 1.165) is 55.3 Å². The van der Waals surface area contributed by atoms with Gasteiger partial charge in [-0.1, -0.05) is 72.8 Å². The van der Waals surface area contributed by atoms with Gasteiger partial charge in [-0.15, -0.1) is 0 Å². The fourth-order valence-corrected chi connectivity index (χ4v) is 5.60. The monoisotopic (exact) mass is 651 g/mol. The molecule has 0 saturated heterocycles. The Labute approximate surface area is 285 Å². The normalized spacial score (nSPS) is 12.5. The summed E-state index contributed by atoms with van der Waals surface area (Å²) in [5.74, 6) is 0.737. The van der Waals surface area contributed by atoms with Gasteiger partial charge >= 0.3 is 11.9 Å². The van der Waals surface area contributed by atoms with Gasteiger partial charge in [-0.3, -0.25) is 9.59 Å². The second kappa shape index (κ2) is 14.4. The van der Waals surface area contributed by atoms with Gasteiger partial charge in [0, 0.05) is 11.8 Å². The Morgan fingerprint density at radius 3 is 1.49 bits per heavy atom. The number of rotatable bonds is 10. The van der Waals surface area contributed by atoms with Gasteiger partial charge in [0.1, 0.15) is 23.0 Å². The fraction of sp³-hybridized carbons (Fsp3) is 0.143. The summed E-state index contributed by atoms with van der Waals surface area (Å²) in [6, 6.07) is 35.9. The molecule has 2 N–H and O–H groups in total. The molecule has 0 saturated carbocycles. The van der Waals surface area contributed by atoms with Crippen LogP contribution in [0.2, 0.25) is 0 Å². The molecule has 0 aliphatic heterocycles. The molecule has 7 nitrogen and oxygen atoms in total. The van der Waals surface area contributed by atoms with Crippen molar-refractivity contribution < 1.29 is 28.5 Å². The summed E-state index contributed by atoms with van der Waals surface area (Å²) in [5.41, 5.74) is 10.0. The van der Waals surface area contributed by atoms with Crippen LogP contribution >= 0.6 is 0 Å². The molecule has 0 aromatic heterocycles. The van der Waals surface area contributed by atoms with Gasteiger partial charge in [-0.2, -0.15) is 0 Å². The molecule has 0 fully saturated rings. The van der Waals surface area contributed by atoms with E-state index in [4.69, 9.17) is 24.7 Å². The molecular formula is C42H37NO6. The molecule has 7 heteroatoms. The molecule has 0 bridgehead atoms. The van der Waals surface area contributed by atoms with Crippen LogP contribution in [0.5, 0.6) is 23.0 Å². The van der Waals surface area contributed by atoms with Crippen LogP contribution in [0.15, 0.2) is 115 Å². The summed E-state index contributed by atoms with van der Waals surface area (Å²) in [7, 11) is 3.27. The summed E-state index contributed by atoms with van der Waals surface area (Å²) in [6.07, 6.45) is 3.79. The number of carbonyl (C=O) groups is 2. The second-order valence-corrected chi connectivity index (χ2v) is 12.0. The maximum atomic E-state index is 13.1. The molecule has 0 aliphatic carbocycles. The van der Waals surface area contributed by atoms with Gasteiger partial charge in [-0.05, 0) is 106 Å². The molecule has 49 heavy (non-hydrogen) atoms. The highest BCUT2D eigenvalue weighted by Crippen LogP contribution is 2.29. The van der Waals surface area contributed by atoms with Crippen LogP contribution in [0.25, 0.3) is 33.7 Å². The Kier molecular flexibility index (Phi) is 9.62. The predicted molar refractivity (Wildman–Crippen MR) is 195 cm³/mol. The average Bonchev–Trinajstić information content (AvgIpc) is 3.12. The summed E-state index contributed by atoms with van der Waals surface area (Å²) >= 11 is 0. The Hall–Kier alpha value is -6.08. The van der Waals surface area contributed by atoms with E-state index >= 15 is 0 Å². The number of esters is 2. The third kappa shape index (κ3) is 7.74. The number of anilines is 1. The summed E-state index contributed by atoms with van der Waals surface area (Å²) in [5, 5.41) is 4.10. The van der Waals surface area contributed by atoms with Gasteiger partial charge in [0.25, 0.3) is 0 Å². The number of fused-ring (bicyclic) bond motifs is 2. The molecule has 0 heterocycles. The lowest BCUT2D eigenvalue weighted by Crippen LogP contribution is -2.16. The topological polar surface area (TPSA) is 97.1 Å². The van der Waals surface area contributed by atoms with Crippen molar-refractivity contribution in [3.05, 3.63) is 138 Å². The van der Waals surface area contributed by atoms with Crippen molar-refractivity contribution in [2.24, 2.45) is 0 Å². The molecule has 246 valence electrons. The first-order valence-corrected chi connectivity index (χ1v) is 16.0.